The average Bonchev–Trinajstić information content (AvgIpc) is 2.97. The van der Waals surface area contributed by atoms with Crippen LogP contribution < -0.4 is 10.1 Å². The zero-order valence-corrected chi connectivity index (χ0v) is 14.1. The van der Waals surface area contributed by atoms with E-state index >= 15 is 0 Å². The number of rotatable bonds is 7. The third-order valence-corrected chi connectivity index (χ3v) is 4.57. The summed E-state index contributed by atoms with van der Waals surface area (Å²) in [6.07, 6.45) is 2.69. The first-order valence-electron chi connectivity index (χ1n) is 7.89. The molecule has 1 heterocycles. The Morgan fingerprint density at radius 3 is 2.57 bits per heavy atom. The van der Waals surface area contributed by atoms with Crippen molar-refractivity contribution in [2.45, 2.75) is 39.3 Å². The van der Waals surface area contributed by atoms with Crippen molar-refractivity contribution in [1.29, 1.82) is 0 Å². The Balaban J connectivity index is 1.85. The Bertz CT molecular complexity index is 444. The van der Waals surface area contributed by atoms with Gasteiger partial charge < -0.3 is 10.1 Å². The van der Waals surface area contributed by atoms with Crippen LogP contribution in [0.4, 0.5) is 0 Å². The summed E-state index contributed by atoms with van der Waals surface area (Å²) in [7, 11) is 1.64. The van der Waals surface area contributed by atoms with E-state index in [1.165, 1.54) is 31.5 Å². The van der Waals surface area contributed by atoms with Gasteiger partial charge in [0.05, 0.1) is 12.1 Å². The van der Waals surface area contributed by atoms with Crippen molar-refractivity contribution in [3.63, 3.8) is 0 Å². The van der Waals surface area contributed by atoms with Gasteiger partial charge in [-0.15, -0.1) is 0 Å². The van der Waals surface area contributed by atoms with E-state index in [1.54, 1.807) is 7.11 Å². The molecule has 1 atom stereocenters. The average molecular weight is 311 g/mol. The number of likely N-dealkylation sites (tertiary alicyclic amines) is 1. The molecular weight excluding hydrogens is 284 g/mol. The van der Waals surface area contributed by atoms with Crippen molar-refractivity contribution in [3.8, 4) is 5.75 Å². The summed E-state index contributed by atoms with van der Waals surface area (Å²) in [5.74, 6) is 1.41. The van der Waals surface area contributed by atoms with Crippen molar-refractivity contribution in [3.05, 3.63) is 28.8 Å². The maximum absolute atomic E-state index is 6.16. The standard InChI is InChI=1S/C17H27ClN2O/c1-13(2)16(20-8-4-5-9-20)12-19-11-14-6-7-17(21-3)15(18)10-14/h6-7,10,13,16,19H,4-5,8-9,11-12H2,1-3H3. The molecule has 2 rings (SSSR count). The van der Waals surface area contributed by atoms with Gasteiger partial charge in [-0.1, -0.05) is 31.5 Å². The highest BCUT2D eigenvalue weighted by molar-refractivity contribution is 6.32. The van der Waals surface area contributed by atoms with Crippen LogP contribution in [0.15, 0.2) is 18.2 Å². The molecular formula is C17H27ClN2O. The van der Waals surface area contributed by atoms with Crippen LogP contribution in [0.1, 0.15) is 32.3 Å². The zero-order chi connectivity index (χ0) is 15.2. The Morgan fingerprint density at radius 2 is 2.00 bits per heavy atom. The van der Waals surface area contributed by atoms with Gasteiger partial charge in [-0.2, -0.15) is 0 Å². The van der Waals surface area contributed by atoms with E-state index in [4.69, 9.17) is 16.3 Å². The van der Waals surface area contributed by atoms with Crippen LogP contribution in [0.3, 0.4) is 0 Å². The molecule has 1 aliphatic heterocycles. The second-order valence-electron chi connectivity index (χ2n) is 6.15. The Labute approximate surface area is 133 Å². The van der Waals surface area contributed by atoms with Crippen molar-refractivity contribution >= 4 is 11.6 Å². The SMILES string of the molecule is COc1ccc(CNCC(C(C)C)N2CCCC2)cc1Cl. The molecule has 4 heteroatoms. The van der Waals surface area contributed by atoms with E-state index in [0.717, 1.165) is 18.8 Å². The Morgan fingerprint density at radius 1 is 1.29 bits per heavy atom. The molecule has 1 aromatic carbocycles. The molecule has 1 unspecified atom stereocenters. The zero-order valence-electron chi connectivity index (χ0n) is 13.4. The van der Waals surface area contributed by atoms with Crippen molar-refractivity contribution in [1.82, 2.24) is 10.2 Å². The largest absolute Gasteiger partial charge is 0.495 e. The number of nitrogens with zero attached hydrogens (tertiary/aromatic N) is 1. The first-order chi connectivity index (χ1) is 10.1. The van der Waals surface area contributed by atoms with Crippen LogP contribution in [-0.4, -0.2) is 37.7 Å². The number of halogens is 1. The molecule has 1 N–H and O–H groups in total. The smallest absolute Gasteiger partial charge is 0.137 e. The summed E-state index contributed by atoms with van der Waals surface area (Å²) in [5.41, 5.74) is 1.20. The molecule has 1 aromatic rings. The van der Waals surface area contributed by atoms with Crippen molar-refractivity contribution in [2.24, 2.45) is 5.92 Å². The van der Waals surface area contributed by atoms with Crippen LogP contribution in [-0.2, 0) is 6.54 Å². The van der Waals surface area contributed by atoms with E-state index in [-0.39, 0.29) is 0 Å². The highest BCUT2D eigenvalue weighted by atomic mass is 35.5. The third-order valence-electron chi connectivity index (χ3n) is 4.28. The molecule has 21 heavy (non-hydrogen) atoms. The molecule has 1 saturated heterocycles. The summed E-state index contributed by atoms with van der Waals surface area (Å²) in [6.45, 7) is 9.00. The van der Waals surface area contributed by atoms with Crippen LogP contribution in [0.25, 0.3) is 0 Å². The number of hydrogen-bond acceptors (Lipinski definition) is 3. The summed E-state index contributed by atoms with van der Waals surface area (Å²) in [4.78, 5) is 2.62. The van der Waals surface area contributed by atoms with Crippen LogP contribution >= 0.6 is 11.6 Å². The second-order valence-corrected chi connectivity index (χ2v) is 6.56. The number of ether oxygens (including phenoxy) is 1. The molecule has 1 fully saturated rings. The molecule has 0 bridgehead atoms. The highest BCUT2D eigenvalue weighted by Crippen LogP contribution is 2.25. The lowest BCUT2D eigenvalue weighted by Crippen LogP contribution is -2.44. The quantitative estimate of drug-likeness (QED) is 0.833. The number of nitrogens with one attached hydrogen (secondary N) is 1. The minimum absolute atomic E-state index is 0.626. The van der Waals surface area contributed by atoms with Crippen LogP contribution in [0.5, 0.6) is 5.75 Å². The monoisotopic (exact) mass is 310 g/mol. The predicted octanol–water partition coefficient (Wildman–Crippen LogP) is 3.56. The molecule has 0 saturated carbocycles. The molecule has 118 valence electrons. The maximum Gasteiger partial charge on any atom is 0.137 e. The molecule has 3 nitrogen and oxygen atoms in total. The van der Waals surface area contributed by atoms with Gasteiger partial charge in [0, 0.05) is 19.1 Å². The van der Waals surface area contributed by atoms with Gasteiger partial charge in [0.15, 0.2) is 0 Å². The van der Waals surface area contributed by atoms with Gasteiger partial charge >= 0.3 is 0 Å². The Hall–Kier alpha value is -0.770. The van der Waals surface area contributed by atoms with E-state index < -0.39 is 0 Å². The highest BCUT2D eigenvalue weighted by Gasteiger charge is 2.23. The minimum atomic E-state index is 0.626. The number of methoxy groups -OCH3 is 1. The van der Waals surface area contributed by atoms with Gasteiger partial charge in [0.25, 0.3) is 0 Å². The second kappa shape index (κ2) is 8.02. The first kappa shape index (κ1) is 16.6. The van der Waals surface area contributed by atoms with Gasteiger partial charge in [-0.25, -0.2) is 0 Å². The van der Waals surface area contributed by atoms with E-state index in [9.17, 15) is 0 Å². The van der Waals surface area contributed by atoms with Gasteiger partial charge in [-0.3, -0.25) is 4.90 Å². The molecule has 1 aliphatic rings. The van der Waals surface area contributed by atoms with Gasteiger partial charge in [0.2, 0.25) is 0 Å². The minimum Gasteiger partial charge on any atom is -0.495 e. The summed E-state index contributed by atoms with van der Waals surface area (Å²) in [5, 5.41) is 4.26. The third kappa shape index (κ3) is 4.60. The summed E-state index contributed by atoms with van der Waals surface area (Å²) >= 11 is 6.16. The fourth-order valence-corrected chi connectivity index (χ4v) is 3.32. The molecule has 0 aliphatic carbocycles. The van der Waals surface area contributed by atoms with Crippen LogP contribution in [0, 0.1) is 5.92 Å². The lowest BCUT2D eigenvalue weighted by atomic mass is 10.0. The van der Waals surface area contributed by atoms with Crippen molar-refractivity contribution < 1.29 is 4.74 Å². The summed E-state index contributed by atoms with van der Waals surface area (Å²) in [6, 6.07) is 6.60. The number of benzene rings is 1. The van der Waals surface area contributed by atoms with Crippen molar-refractivity contribution in [2.75, 3.05) is 26.7 Å². The molecule has 0 radical (unpaired) electrons. The topological polar surface area (TPSA) is 24.5 Å². The maximum atomic E-state index is 6.16. The lowest BCUT2D eigenvalue weighted by Gasteiger charge is -2.31. The molecule has 0 amide bonds. The van der Waals surface area contributed by atoms with Gasteiger partial charge in [-0.05, 0) is 49.5 Å². The van der Waals surface area contributed by atoms with E-state index in [0.29, 0.717) is 17.0 Å². The molecule has 0 spiro atoms. The first-order valence-corrected chi connectivity index (χ1v) is 8.26. The predicted molar refractivity (Wildman–Crippen MR) is 89.1 cm³/mol. The summed E-state index contributed by atoms with van der Waals surface area (Å²) < 4.78 is 5.18. The van der Waals surface area contributed by atoms with E-state index in [2.05, 4.69) is 30.1 Å². The van der Waals surface area contributed by atoms with E-state index in [1.807, 2.05) is 12.1 Å². The molecule has 0 aromatic heterocycles. The normalized spacial score (nSPS) is 17.4. The van der Waals surface area contributed by atoms with Gasteiger partial charge in [0.1, 0.15) is 5.75 Å². The fourth-order valence-electron chi connectivity index (χ4n) is 3.04. The Kier molecular flexibility index (Phi) is 6.34. The van der Waals surface area contributed by atoms with Crippen LogP contribution in [0.2, 0.25) is 5.02 Å². The lowest BCUT2D eigenvalue weighted by molar-refractivity contribution is 0.186. The number of hydrogen-bond donors (Lipinski definition) is 1. The fraction of sp³-hybridized carbons (Fsp3) is 0.647.